The van der Waals surface area contributed by atoms with Gasteiger partial charge in [0.15, 0.2) is 0 Å². The topological polar surface area (TPSA) is 52.6 Å². The van der Waals surface area contributed by atoms with E-state index >= 15 is 0 Å². The highest BCUT2D eigenvalue weighted by molar-refractivity contribution is 6.21. The van der Waals surface area contributed by atoms with Crippen LogP contribution in [0.1, 0.15) is 20.7 Å². The summed E-state index contributed by atoms with van der Waals surface area (Å²) in [7, 11) is 12.0. The lowest BCUT2D eigenvalue weighted by molar-refractivity contribution is 0.0879. The van der Waals surface area contributed by atoms with E-state index in [0.717, 1.165) is 0 Å². The Kier molecular flexibility index (Phi) is 7.63. The number of rotatable bonds is 0. The molecule has 1 aromatic rings. The van der Waals surface area contributed by atoms with E-state index in [2.05, 4.69) is 5.32 Å². The Hall–Kier alpha value is -1.72. The average Bonchev–Trinajstić information content (AvgIpc) is 2.54. The molecule has 0 aromatic heterocycles. The van der Waals surface area contributed by atoms with E-state index in [1.54, 1.807) is 24.3 Å². The third kappa shape index (κ3) is 7.33. The standard InChI is InChI=1S/C8H5NO2.2C3H9N/c10-7-5-3-1-2-4-6(5)8(11)9-7;2*1-4(2)3/h1-4H,(H,9,10,11);2*1-3H3. The summed E-state index contributed by atoms with van der Waals surface area (Å²) in [4.78, 5) is 25.9. The van der Waals surface area contributed by atoms with E-state index in [-0.39, 0.29) is 11.8 Å². The Morgan fingerprint density at radius 1 is 0.737 bits per heavy atom. The van der Waals surface area contributed by atoms with Gasteiger partial charge in [0.05, 0.1) is 11.1 Å². The molecule has 19 heavy (non-hydrogen) atoms. The van der Waals surface area contributed by atoms with Gasteiger partial charge in [0.2, 0.25) is 0 Å². The predicted octanol–water partition coefficient (Wildman–Crippen LogP) is 0.926. The summed E-state index contributed by atoms with van der Waals surface area (Å²) in [6.45, 7) is 0. The number of nitrogens with zero attached hydrogens (tertiary/aromatic N) is 2. The van der Waals surface area contributed by atoms with Crippen molar-refractivity contribution in [3.05, 3.63) is 35.4 Å². The highest BCUT2D eigenvalue weighted by Crippen LogP contribution is 2.13. The van der Waals surface area contributed by atoms with Crippen LogP contribution < -0.4 is 5.32 Å². The molecule has 1 aliphatic heterocycles. The SMILES string of the molecule is CN(C)C.CN(C)C.O=C1NC(=O)c2ccccc21. The first-order valence-corrected chi connectivity index (χ1v) is 5.92. The lowest BCUT2D eigenvalue weighted by Gasteiger charge is -1.90. The van der Waals surface area contributed by atoms with Gasteiger partial charge < -0.3 is 9.80 Å². The van der Waals surface area contributed by atoms with E-state index in [4.69, 9.17) is 0 Å². The van der Waals surface area contributed by atoms with Crippen molar-refractivity contribution in [2.24, 2.45) is 0 Å². The van der Waals surface area contributed by atoms with Crippen molar-refractivity contribution in [3.8, 4) is 0 Å². The van der Waals surface area contributed by atoms with Gasteiger partial charge in [-0.25, -0.2) is 0 Å². The summed E-state index contributed by atoms with van der Waals surface area (Å²) >= 11 is 0. The monoisotopic (exact) mass is 265 g/mol. The highest BCUT2D eigenvalue weighted by Gasteiger charge is 2.25. The molecule has 106 valence electrons. The molecule has 0 radical (unpaired) electrons. The first-order valence-electron chi connectivity index (χ1n) is 5.92. The molecule has 2 rings (SSSR count). The minimum absolute atomic E-state index is 0.300. The quantitative estimate of drug-likeness (QED) is 0.709. The molecule has 1 aliphatic rings. The number of fused-ring (bicyclic) bond motifs is 1. The first kappa shape index (κ1) is 17.3. The molecule has 0 unspecified atom stereocenters. The average molecular weight is 265 g/mol. The van der Waals surface area contributed by atoms with Crippen LogP contribution in [0.2, 0.25) is 0 Å². The van der Waals surface area contributed by atoms with Crippen LogP contribution in [-0.4, -0.2) is 63.9 Å². The molecule has 1 heterocycles. The number of hydrogen-bond donors (Lipinski definition) is 1. The van der Waals surface area contributed by atoms with Crippen LogP contribution in [0.25, 0.3) is 0 Å². The molecule has 0 atom stereocenters. The molecular formula is C14H23N3O2. The fourth-order valence-corrected chi connectivity index (χ4v) is 1.12. The Balaban J connectivity index is 0.000000342. The molecule has 5 heteroatoms. The second-order valence-electron chi connectivity index (χ2n) is 5.01. The van der Waals surface area contributed by atoms with E-state index in [1.807, 2.05) is 52.1 Å². The third-order valence-corrected chi connectivity index (χ3v) is 1.64. The van der Waals surface area contributed by atoms with E-state index in [0.29, 0.717) is 11.1 Å². The third-order valence-electron chi connectivity index (χ3n) is 1.64. The Labute approximate surface area is 115 Å². The van der Waals surface area contributed by atoms with Crippen molar-refractivity contribution in [1.29, 1.82) is 0 Å². The van der Waals surface area contributed by atoms with Crippen molar-refractivity contribution in [1.82, 2.24) is 15.1 Å². The zero-order valence-electron chi connectivity index (χ0n) is 12.5. The fourth-order valence-electron chi connectivity index (χ4n) is 1.12. The summed E-state index contributed by atoms with van der Waals surface area (Å²) in [6.07, 6.45) is 0. The summed E-state index contributed by atoms with van der Waals surface area (Å²) in [6, 6.07) is 6.74. The van der Waals surface area contributed by atoms with Crippen molar-refractivity contribution in [3.63, 3.8) is 0 Å². The number of carbonyl (C=O) groups excluding carboxylic acids is 2. The van der Waals surface area contributed by atoms with Gasteiger partial charge in [0.1, 0.15) is 0 Å². The molecule has 1 aromatic carbocycles. The van der Waals surface area contributed by atoms with Crippen LogP contribution in [-0.2, 0) is 0 Å². The van der Waals surface area contributed by atoms with Gasteiger partial charge in [-0.1, -0.05) is 12.1 Å². The predicted molar refractivity (Wildman–Crippen MR) is 77.5 cm³/mol. The van der Waals surface area contributed by atoms with E-state index < -0.39 is 0 Å². The zero-order chi connectivity index (χ0) is 15.0. The molecule has 0 fully saturated rings. The first-order chi connectivity index (χ1) is 8.75. The van der Waals surface area contributed by atoms with Gasteiger partial charge in [0.25, 0.3) is 11.8 Å². The van der Waals surface area contributed by atoms with Crippen molar-refractivity contribution in [2.75, 3.05) is 42.3 Å². The Morgan fingerprint density at radius 3 is 1.26 bits per heavy atom. The normalized spacial score (nSPS) is 12.2. The molecule has 5 nitrogen and oxygen atoms in total. The number of benzene rings is 1. The smallest absolute Gasteiger partial charge is 0.258 e. The van der Waals surface area contributed by atoms with Gasteiger partial charge in [0, 0.05) is 0 Å². The molecular weight excluding hydrogens is 242 g/mol. The lowest BCUT2D eigenvalue weighted by Crippen LogP contribution is -2.19. The molecule has 0 aliphatic carbocycles. The van der Waals surface area contributed by atoms with Crippen molar-refractivity contribution in [2.45, 2.75) is 0 Å². The lowest BCUT2D eigenvalue weighted by atomic mass is 10.1. The van der Waals surface area contributed by atoms with E-state index in [9.17, 15) is 9.59 Å². The van der Waals surface area contributed by atoms with Crippen molar-refractivity contribution >= 4 is 11.8 Å². The molecule has 0 saturated carbocycles. The number of carbonyl (C=O) groups is 2. The van der Waals surface area contributed by atoms with Gasteiger partial charge >= 0.3 is 0 Å². The molecule has 2 amide bonds. The maximum absolute atomic E-state index is 10.9. The maximum atomic E-state index is 10.9. The minimum Gasteiger partial charge on any atom is -0.312 e. The Morgan fingerprint density at radius 2 is 1.00 bits per heavy atom. The molecule has 0 spiro atoms. The zero-order valence-corrected chi connectivity index (χ0v) is 12.5. The van der Waals surface area contributed by atoms with Crippen molar-refractivity contribution < 1.29 is 9.59 Å². The van der Waals surface area contributed by atoms with Crippen LogP contribution in [0.3, 0.4) is 0 Å². The van der Waals surface area contributed by atoms with Gasteiger partial charge in [-0.15, -0.1) is 0 Å². The Bertz CT molecular complexity index is 384. The molecule has 1 N–H and O–H groups in total. The van der Waals surface area contributed by atoms with Crippen LogP contribution in [0.5, 0.6) is 0 Å². The second-order valence-corrected chi connectivity index (χ2v) is 5.01. The van der Waals surface area contributed by atoms with Gasteiger partial charge in [-0.3, -0.25) is 14.9 Å². The maximum Gasteiger partial charge on any atom is 0.258 e. The van der Waals surface area contributed by atoms with Crippen LogP contribution in [0, 0.1) is 0 Å². The summed E-state index contributed by atoms with van der Waals surface area (Å²) in [5.74, 6) is -0.601. The fraction of sp³-hybridized carbons (Fsp3) is 0.429. The summed E-state index contributed by atoms with van der Waals surface area (Å²) < 4.78 is 0. The highest BCUT2D eigenvalue weighted by atomic mass is 16.2. The number of nitrogens with one attached hydrogen (secondary N) is 1. The second kappa shape index (κ2) is 8.39. The van der Waals surface area contributed by atoms with Crippen LogP contribution >= 0.6 is 0 Å². The largest absolute Gasteiger partial charge is 0.312 e. The van der Waals surface area contributed by atoms with Crippen LogP contribution in [0.4, 0.5) is 0 Å². The summed E-state index contributed by atoms with van der Waals surface area (Å²) in [5, 5.41) is 2.20. The van der Waals surface area contributed by atoms with Crippen LogP contribution in [0.15, 0.2) is 24.3 Å². The molecule has 0 saturated heterocycles. The number of amides is 2. The molecule has 0 bridgehead atoms. The summed E-state index contributed by atoms with van der Waals surface area (Å²) in [5.41, 5.74) is 0.940. The van der Waals surface area contributed by atoms with E-state index in [1.165, 1.54) is 0 Å². The number of imide groups is 1. The number of hydrogen-bond acceptors (Lipinski definition) is 4. The minimum atomic E-state index is -0.300. The van der Waals surface area contributed by atoms with Gasteiger partial charge in [-0.05, 0) is 54.4 Å². The van der Waals surface area contributed by atoms with Gasteiger partial charge in [-0.2, -0.15) is 0 Å².